The first-order valence-electron chi connectivity index (χ1n) is 6.10. The van der Waals surface area contributed by atoms with E-state index in [2.05, 4.69) is 10.3 Å². The number of nitrogens with one attached hydrogen (secondary N) is 1. The van der Waals surface area contributed by atoms with Gasteiger partial charge in [0.05, 0.1) is 9.93 Å². The Bertz CT molecular complexity index is 661. The highest BCUT2D eigenvalue weighted by Crippen LogP contribution is 2.25. The van der Waals surface area contributed by atoms with Gasteiger partial charge in [0.1, 0.15) is 5.02 Å². The monoisotopic (exact) mass is 325 g/mol. The van der Waals surface area contributed by atoms with E-state index in [4.69, 9.17) is 11.6 Å². The number of halogens is 1. The molecule has 0 saturated heterocycles. The summed E-state index contributed by atoms with van der Waals surface area (Å²) in [5, 5.41) is 16.3. The Morgan fingerprint density at radius 3 is 2.95 bits per heavy atom. The Kier molecular flexibility index (Phi) is 4.87. The van der Waals surface area contributed by atoms with Gasteiger partial charge in [-0.1, -0.05) is 18.5 Å². The molecule has 1 unspecified atom stereocenters. The van der Waals surface area contributed by atoms with E-state index in [1.807, 2.05) is 12.3 Å². The fraction of sp³-hybridized carbons (Fsp3) is 0.231. The Hall–Kier alpha value is -1.99. The Labute approximate surface area is 129 Å². The van der Waals surface area contributed by atoms with Crippen molar-refractivity contribution in [2.45, 2.75) is 12.8 Å². The molecule has 0 aliphatic carbocycles. The molecule has 8 heteroatoms. The van der Waals surface area contributed by atoms with Crippen molar-refractivity contribution < 1.29 is 9.72 Å². The summed E-state index contributed by atoms with van der Waals surface area (Å²) in [4.78, 5) is 26.4. The normalized spacial score (nSPS) is 11.9. The van der Waals surface area contributed by atoms with Crippen molar-refractivity contribution in [3.05, 3.63) is 55.5 Å². The van der Waals surface area contributed by atoms with Crippen LogP contribution in [0, 0.1) is 10.1 Å². The fourth-order valence-corrected chi connectivity index (χ4v) is 2.59. The lowest BCUT2D eigenvalue weighted by atomic mass is 10.1. The molecule has 0 fully saturated rings. The van der Waals surface area contributed by atoms with Crippen molar-refractivity contribution in [1.29, 1.82) is 0 Å². The highest BCUT2D eigenvalue weighted by molar-refractivity contribution is 7.09. The molecule has 1 atom stereocenters. The largest absolute Gasteiger partial charge is 0.351 e. The first-order chi connectivity index (χ1) is 9.99. The van der Waals surface area contributed by atoms with E-state index >= 15 is 0 Å². The summed E-state index contributed by atoms with van der Waals surface area (Å²) in [5.41, 5.74) is -0.0743. The number of carbonyl (C=O) groups excluding carboxylic acids is 1. The van der Waals surface area contributed by atoms with Crippen molar-refractivity contribution in [2.24, 2.45) is 0 Å². The zero-order valence-electron chi connectivity index (χ0n) is 11.1. The molecule has 0 spiro atoms. The highest BCUT2D eigenvalue weighted by Gasteiger charge is 2.17. The number of aromatic nitrogens is 1. The second-order valence-electron chi connectivity index (χ2n) is 4.40. The average molecular weight is 326 g/mol. The third-order valence-electron chi connectivity index (χ3n) is 2.85. The number of nitro groups is 1. The van der Waals surface area contributed by atoms with Crippen LogP contribution in [-0.4, -0.2) is 22.4 Å². The van der Waals surface area contributed by atoms with Gasteiger partial charge in [-0.2, -0.15) is 0 Å². The lowest BCUT2D eigenvalue weighted by Gasteiger charge is -2.10. The molecule has 2 rings (SSSR count). The Balaban J connectivity index is 2.04. The minimum Gasteiger partial charge on any atom is -0.351 e. The van der Waals surface area contributed by atoms with E-state index in [9.17, 15) is 14.9 Å². The number of thiazole rings is 1. The topological polar surface area (TPSA) is 85.1 Å². The molecule has 0 aliphatic rings. The number of rotatable bonds is 5. The molecule has 1 heterocycles. The van der Waals surface area contributed by atoms with E-state index in [-0.39, 0.29) is 28.1 Å². The number of benzene rings is 1. The maximum absolute atomic E-state index is 12.0. The van der Waals surface area contributed by atoms with Crippen LogP contribution in [-0.2, 0) is 0 Å². The van der Waals surface area contributed by atoms with Crippen LogP contribution in [0.25, 0.3) is 0 Å². The van der Waals surface area contributed by atoms with E-state index in [1.165, 1.54) is 29.5 Å². The lowest BCUT2D eigenvalue weighted by molar-refractivity contribution is -0.384. The summed E-state index contributed by atoms with van der Waals surface area (Å²) in [6.45, 7) is 2.35. The molecule has 2 aromatic rings. The maximum Gasteiger partial charge on any atom is 0.288 e. The van der Waals surface area contributed by atoms with Gasteiger partial charge in [-0.15, -0.1) is 11.3 Å². The third-order valence-corrected chi connectivity index (χ3v) is 4.17. The van der Waals surface area contributed by atoms with Crippen LogP contribution in [0.1, 0.15) is 28.2 Å². The smallest absolute Gasteiger partial charge is 0.288 e. The minimum atomic E-state index is -0.614. The number of hydrogen-bond acceptors (Lipinski definition) is 5. The predicted molar refractivity (Wildman–Crippen MR) is 81.0 cm³/mol. The molecule has 1 N–H and O–H groups in total. The summed E-state index contributed by atoms with van der Waals surface area (Å²) >= 11 is 7.23. The molecule has 0 saturated carbocycles. The molecule has 1 amide bonds. The maximum atomic E-state index is 12.0. The average Bonchev–Trinajstić information content (AvgIpc) is 2.98. The molecule has 6 nitrogen and oxygen atoms in total. The number of hydrogen-bond donors (Lipinski definition) is 1. The van der Waals surface area contributed by atoms with Crippen LogP contribution >= 0.6 is 22.9 Å². The Morgan fingerprint density at radius 1 is 1.57 bits per heavy atom. The molecule has 1 aromatic carbocycles. The van der Waals surface area contributed by atoms with Gasteiger partial charge in [-0.3, -0.25) is 14.9 Å². The zero-order valence-corrected chi connectivity index (χ0v) is 12.6. The van der Waals surface area contributed by atoms with Gasteiger partial charge in [0, 0.05) is 35.7 Å². The van der Waals surface area contributed by atoms with Gasteiger partial charge >= 0.3 is 0 Å². The van der Waals surface area contributed by atoms with Crippen molar-refractivity contribution in [1.82, 2.24) is 10.3 Å². The van der Waals surface area contributed by atoms with Crippen LogP contribution in [0.3, 0.4) is 0 Å². The molecule has 0 bridgehead atoms. The van der Waals surface area contributed by atoms with E-state index in [0.29, 0.717) is 6.54 Å². The lowest BCUT2D eigenvalue weighted by Crippen LogP contribution is -2.27. The molecule has 0 aliphatic heterocycles. The summed E-state index contributed by atoms with van der Waals surface area (Å²) in [5.74, 6) is -0.297. The molecular formula is C13H12ClN3O3S. The summed E-state index contributed by atoms with van der Waals surface area (Å²) in [6, 6.07) is 3.98. The summed E-state index contributed by atoms with van der Waals surface area (Å²) in [6.07, 6.45) is 1.71. The molecule has 110 valence electrons. The molecule has 1 aromatic heterocycles. The fourth-order valence-electron chi connectivity index (χ4n) is 1.71. The van der Waals surface area contributed by atoms with E-state index in [1.54, 1.807) is 6.20 Å². The SMILES string of the molecule is CC(CNC(=O)c1ccc(Cl)c([N+](=O)[O-])c1)c1nccs1. The first-order valence-corrected chi connectivity index (χ1v) is 7.36. The van der Waals surface area contributed by atoms with Crippen molar-refractivity contribution in [2.75, 3.05) is 6.54 Å². The first kappa shape index (κ1) is 15.4. The highest BCUT2D eigenvalue weighted by atomic mass is 35.5. The summed E-state index contributed by atoms with van der Waals surface area (Å²) < 4.78 is 0. The van der Waals surface area contributed by atoms with Crippen molar-refractivity contribution in [3.8, 4) is 0 Å². The quantitative estimate of drug-likeness (QED) is 0.675. The van der Waals surface area contributed by atoms with Crippen molar-refractivity contribution >= 4 is 34.5 Å². The van der Waals surface area contributed by atoms with Gasteiger partial charge in [-0.25, -0.2) is 4.98 Å². The number of amides is 1. The van der Waals surface area contributed by atoms with Crippen LogP contribution < -0.4 is 5.32 Å². The Morgan fingerprint density at radius 2 is 2.33 bits per heavy atom. The van der Waals surface area contributed by atoms with E-state index < -0.39 is 4.92 Å². The van der Waals surface area contributed by atoms with Crippen LogP contribution in [0.5, 0.6) is 0 Å². The molecule has 0 radical (unpaired) electrons. The number of nitro benzene ring substituents is 1. The molecular weight excluding hydrogens is 314 g/mol. The van der Waals surface area contributed by atoms with Crippen LogP contribution in [0.4, 0.5) is 5.69 Å². The van der Waals surface area contributed by atoms with E-state index in [0.717, 1.165) is 5.01 Å². The summed E-state index contributed by atoms with van der Waals surface area (Å²) in [7, 11) is 0. The standard InChI is InChI=1S/C13H12ClN3O3S/c1-8(13-15-4-5-21-13)7-16-12(18)9-2-3-10(14)11(6-9)17(19)20/h2-6,8H,7H2,1H3,(H,16,18). The van der Waals surface area contributed by atoms with Gasteiger partial charge in [-0.05, 0) is 12.1 Å². The molecule has 21 heavy (non-hydrogen) atoms. The van der Waals surface area contributed by atoms with Gasteiger partial charge in [0.2, 0.25) is 0 Å². The number of carbonyl (C=O) groups is 1. The van der Waals surface area contributed by atoms with Crippen LogP contribution in [0.15, 0.2) is 29.8 Å². The zero-order chi connectivity index (χ0) is 15.4. The van der Waals surface area contributed by atoms with Gasteiger partial charge in [0.15, 0.2) is 0 Å². The second kappa shape index (κ2) is 6.64. The third kappa shape index (κ3) is 3.77. The predicted octanol–water partition coefficient (Wildman–Crippen LogP) is 3.24. The number of nitrogens with zero attached hydrogens (tertiary/aromatic N) is 2. The second-order valence-corrected chi connectivity index (χ2v) is 5.74. The minimum absolute atomic E-state index is 0.00713. The van der Waals surface area contributed by atoms with Gasteiger partial charge < -0.3 is 5.32 Å². The van der Waals surface area contributed by atoms with Gasteiger partial charge in [0.25, 0.3) is 11.6 Å². The van der Waals surface area contributed by atoms with Crippen molar-refractivity contribution in [3.63, 3.8) is 0 Å². The van der Waals surface area contributed by atoms with Crippen LogP contribution in [0.2, 0.25) is 5.02 Å².